The predicted octanol–water partition coefficient (Wildman–Crippen LogP) is 2.18. The molecule has 2 fully saturated rings. The Morgan fingerprint density at radius 3 is 2.50 bits per heavy atom. The molecule has 4 heterocycles. The zero-order valence-corrected chi connectivity index (χ0v) is 20.5. The highest BCUT2D eigenvalue weighted by Gasteiger charge is 2.27. The van der Waals surface area contributed by atoms with E-state index in [2.05, 4.69) is 32.3 Å². The summed E-state index contributed by atoms with van der Waals surface area (Å²) in [5, 5.41) is 0. The second kappa shape index (κ2) is 9.99. The Morgan fingerprint density at radius 2 is 1.79 bits per heavy atom. The van der Waals surface area contributed by atoms with Crippen molar-refractivity contribution in [3.8, 4) is 0 Å². The molecule has 9 nitrogen and oxygen atoms in total. The third-order valence-corrected chi connectivity index (χ3v) is 8.46. The number of pyridine rings is 1. The van der Waals surface area contributed by atoms with Crippen molar-refractivity contribution in [2.75, 3.05) is 57.4 Å². The van der Waals surface area contributed by atoms with E-state index in [4.69, 9.17) is 9.72 Å². The van der Waals surface area contributed by atoms with Gasteiger partial charge in [0.05, 0.1) is 35.7 Å². The maximum absolute atomic E-state index is 13.1. The lowest BCUT2D eigenvalue weighted by Crippen LogP contribution is -2.46. The summed E-state index contributed by atoms with van der Waals surface area (Å²) in [4.78, 5) is 14.4. The van der Waals surface area contributed by atoms with Crippen LogP contribution in [-0.4, -0.2) is 84.6 Å². The Kier molecular flexibility index (Phi) is 6.82. The van der Waals surface area contributed by atoms with E-state index < -0.39 is 10.0 Å². The smallest absolute Gasteiger partial charge is 0.243 e. The molecule has 0 unspecified atom stereocenters. The largest absolute Gasteiger partial charge is 0.379 e. The van der Waals surface area contributed by atoms with E-state index in [0.717, 1.165) is 68.4 Å². The summed E-state index contributed by atoms with van der Waals surface area (Å²) in [5.41, 5.74) is 1.73. The third-order valence-electron chi connectivity index (χ3n) is 6.56. The number of hydrogen-bond acceptors (Lipinski definition) is 7. The van der Waals surface area contributed by atoms with Crippen molar-refractivity contribution in [2.24, 2.45) is 0 Å². The number of rotatable bonds is 7. The monoisotopic (exact) mass is 484 g/mol. The van der Waals surface area contributed by atoms with Crippen molar-refractivity contribution >= 4 is 26.9 Å². The SMILES string of the molecule is CCCn1c(CN2CCN(c3ccccn3)CC2)nc2cc(S(=O)(=O)N3CCOCC3)ccc21. The number of imidazole rings is 1. The van der Waals surface area contributed by atoms with Gasteiger partial charge in [-0.25, -0.2) is 18.4 Å². The molecule has 0 N–H and O–H groups in total. The van der Waals surface area contributed by atoms with Gasteiger partial charge >= 0.3 is 0 Å². The minimum Gasteiger partial charge on any atom is -0.379 e. The topological polar surface area (TPSA) is 83.8 Å². The first-order valence-electron chi connectivity index (χ1n) is 12.0. The molecule has 2 aliphatic rings. The Bertz CT molecular complexity index is 1220. The maximum Gasteiger partial charge on any atom is 0.243 e. The third kappa shape index (κ3) is 4.68. The average Bonchev–Trinajstić information content (AvgIpc) is 3.22. The number of aromatic nitrogens is 3. The fourth-order valence-corrected chi connectivity index (χ4v) is 6.15. The van der Waals surface area contributed by atoms with Gasteiger partial charge in [-0.05, 0) is 36.8 Å². The summed E-state index contributed by atoms with van der Waals surface area (Å²) in [6.45, 7) is 9.12. The van der Waals surface area contributed by atoms with Gasteiger partial charge in [-0.3, -0.25) is 4.90 Å². The molecule has 182 valence electrons. The van der Waals surface area contributed by atoms with E-state index in [1.807, 2.05) is 24.4 Å². The first kappa shape index (κ1) is 23.2. The summed E-state index contributed by atoms with van der Waals surface area (Å²) < 4.78 is 35.3. The fraction of sp³-hybridized carbons (Fsp3) is 0.500. The van der Waals surface area contributed by atoms with E-state index in [9.17, 15) is 8.42 Å². The number of nitrogens with zero attached hydrogens (tertiary/aromatic N) is 6. The lowest BCUT2D eigenvalue weighted by molar-refractivity contribution is 0.0730. The van der Waals surface area contributed by atoms with Crippen LogP contribution in [0.15, 0.2) is 47.5 Å². The minimum absolute atomic E-state index is 0.304. The Morgan fingerprint density at radius 1 is 1.00 bits per heavy atom. The molecular formula is C24H32N6O3S. The van der Waals surface area contributed by atoms with Crippen LogP contribution in [-0.2, 0) is 27.8 Å². The van der Waals surface area contributed by atoms with Crippen LogP contribution in [0.3, 0.4) is 0 Å². The zero-order chi connectivity index (χ0) is 23.5. The first-order valence-corrected chi connectivity index (χ1v) is 13.5. The highest BCUT2D eigenvalue weighted by molar-refractivity contribution is 7.89. The van der Waals surface area contributed by atoms with Crippen molar-refractivity contribution < 1.29 is 13.2 Å². The number of hydrogen-bond donors (Lipinski definition) is 0. The number of anilines is 1. The molecule has 0 radical (unpaired) electrons. The summed E-state index contributed by atoms with van der Waals surface area (Å²) in [6.07, 6.45) is 2.82. The summed E-state index contributed by atoms with van der Waals surface area (Å²) in [7, 11) is -3.55. The Balaban J connectivity index is 1.35. The molecule has 1 aromatic carbocycles. The number of piperazine rings is 1. The molecule has 2 saturated heterocycles. The Labute approximate surface area is 201 Å². The molecule has 2 aliphatic heterocycles. The van der Waals surface area contributed by atoms with Crippen LogP contribution in [0.4, 0.5) is 5.82 Å². The number of ether oxygens (including phenoxy) is 1. The van der Waals surface area contributed by atoms with Crippen molar-refractivity contribution in [1.29, 1.82) is 0 Å². The Hall–Kier alpha value is -2.53. The molecule has 0 bridgehead atoms. The molecule has 10 heteroatoms. The molecule has 0 amide bonds. The quantitative estimate of drug-likeness (QED) is 0.508. The van der Waals surface area contributed by atoms with Crippen LogP contribution in [0.2, 0.25) is 0 Å². The van der Waals surface area contributed by atoms with E-state index >= 15 is 0 Å². The summed E-state index contributed by atoms with van der Waals surface area (Å²) in [5.74, 6) is 2.01. The first-order chi connectivity index (χ1) is 16.6. The molecule has 34 heavy (non-hydrogen) atoms. The lowest BCUT2D eigenvalue weighted by Gasteiger charge is -2.35. The predicted molar refractivity (Wildman–Crippen MR) is 131 cm³/mol. The van der Waals surface area contributed by atoms with E-state index in [0.29, 0.717) is 31.2 Å². The van der Waals surface area contributed by atoms with Gasteiger partial charge in [0.25, 0.3) is 0 Å². The number of benzene rings is 1. The second-order valence-corrected chi connectivity index (χ2v) is 10.7. The van der Waals surface area contributed by atoms with Crippen LogP contribution < -0.4 is 4.90 Å². The van der Waals surface area contributed by atoms with Gasteiger partial charge in [0.1, 0.15) is 11.6 Å². The van der Waals surface area contributed by atoms with Crippen molar-refractivity contribution in [1.82, 2.24) is 23.7 Å². The van der Waals surface area contributed by atoms with E-state index in [1.165, 1.54) is 4.31 Å². The van der Waals surface area contributed by atoms with Crippen LogP contribution in [0.5, 0.6) is 0 Å². The summed E-state index contributed by atoms with van der Waals surface area (Å²) in [6, 6.07) is 11.4. The van der Waals surface area contributed by atoms with Crippen molar-refractivity contribution in [2.45, 2.75) is 31.3 Å². The molecule has 2 aromatic heterocycles. The zero-order valence-electron chi connectivity index (χ0n) is 19.6. The molecular weight excluding hydrogens is 452 g/mol. The maximum atomic E-state index is 13.1. The van der Waals surface area contributed by atoms with Crippen molar-refractivity contribution in [3.05, 3.63) is 48.4 Å². The fourth-order valence-electron chi connectivity index (χ4n) is 4.73. The average molecular weight is 485 g/mol. The second-order valence-electron chi connectivity index (χ2n) is 8.80. The normalized spacial score (nSPS) is 18.6. The van der Waals surface area contributed by atoms with Crippen LogP contribution in [0, 0.1) is 0 Å². The number of fused-ring (bicyclic) bond motifs is 1. The van der Waals surface area contributed by atoms with Gasteiger partial charge in [0.15, 0.2) is 0 Å². The summed E-state index contributed by atoms with van der Waals surface area (Å²) >= 11 is 0. The van der Waals surface area contributed by atoms with Gasteiger partial charge in [-0.2, -0.15) is 4.31 Å². The highest BCUT2D eigenvalue weighted by atomic mass is 32.2. The van der Waals surface area contributed by atoms with E-state index in [-0.39, 0.29) is 0 Å². The van der Waals surface area contributed by atoms with E-state index in [1.54, 1.807) is 12.1 Å². The van der Waals surface area contributed by atoms with Crippen molar-refractivity contribution in [3.63, 3.8) is 0 Å². The van der Waals surface area contributed by atoms with Crippen LogP contribution in [0.1, 0.15) is 19.2 Å². The number of aryl methyl sites for hydroxylation is 1. The molecule has 0 atom stereocenters. The van der Waals surface area contributed by atoms with Gasteiger partial charge in [-0.15, -0.1) is 0 Å². The van der Waals surface area contributed by atoms with Crippen LogP contribution >= 0.6 is 0 Å². The van der Waals surface area contributed by atoms with Crippen LogP contribution in [0.25, 0.3) is 11.0 Å². The molecule has 5 rings (SSSR count). The molecule has 0 aliphatic carbocycles. The molecule has 0 spiro atoms. The minimum atomic E-state index is -3.55. The van der Waals surface area contributed by atoms with Gasteiger partial charge < -0.3 is 14.2 Å². The standard InChI is InChI=1S/C24H32N6O3S/c1-2-9-30-22-7-6-20(34(31,32)29-14-16-33-17-15-29)18-21(22)26-24(30)19-27-10-12-28(13-11-27)23-5-3-4-8-25-23/h3-8,18H,2,9-17,19H2,1H3. The van der Waals surface area contributed by atoms with Gasteiger partial charge in [0, 0.05) is 52.0 Å². The van der Waals surface area contributed by atoms with Gasteiger partial charge in [-0.1, -0.05) is 13.0 Å². The van der Waals surface area contributed by atoms with Gasteiger partial charge in [0.2, 0.25) is 10.0 Å². The number of sulfonamides is 1. The highest BCUT2D eigenvalue weighted by Crippen LogP contribution is 2.25. The lowest BCUT2D eigenvalue weighted by atomic mass is 10.3. The molecule has 0 saturated carbocycles. The number of morpholine rings is 1. The molecule has 3 aromatic rings.